The van der Waals surface area contributed by atoms with Gasteiger partial charge in [0.2, 0.25) is 0 Å². The van der Waals surface area contributed by atoms with Crippen molar-refractivity contribution in [3.63, 3.8) is 0 Å². The highest BCUT2D eigenvalue weighted by molar-refractivity contribution is 5.69. The molecule has 1 N–H and O–H groups in total. The molecule has 2 rings (SSSR count). The van der Waals surface area contributed by atoms with Gasteiger partial charge in [-0.3, -0.25) is 4.79 Å². The van der Waals surface area contributed by atoms with E-state index in [0.29, 0.717) is 13.2 Å². The summed E-state index contributed by atoms with van der Waals surface area (Å²) in [6.45, 7) is 9.73. The second kappa shape index (κ2) is 8.86. The molecular formula is C22H29NO3. The van der Waals surface area contributed by atoms with Crippen LogP contribution in [-0.4, -0.2) is 29.6 Å². The van der Waals surface area contributed by atoms with Crippen LogP contribution in [0, 0.1) is 26.7 Å². The van der Waals surface area contributed by atoms with Gasteiger partial charge < -0.3 is 14.7 Å². The van der Waals surface area contributed by atoms with Crippen molar-refractivity contribution in [2.75, 3.05) is 13.6 Å². The van der Waals surface area contributed by atoms with Crippen LogP contribution >= 0.6 is 0 Å². The van der Waals surface area contributed by atoms with E-state index in [1.165, 1.54) is 11.1 Å². The largest absolute Gasteiger partial charge is 0.488 e. The predicted octanol–water partition coefficient (Wildman–Crippen LogP) is 4.34. The highest BCUT2D eigenvalue weighted by Crippen LogP contribution is 2.26. The van der Waals surface area contributed by atoms with Gasteiger partial charge in [-0.2, -0.15) is 0 Å². The van der Waals surface area contributed by atoms with Gasteiger partial charge in [0.15, 0.2) is 0 Å². The molecule has 0 spiro atoms. The zero-order valence-corrected chi connectivity index (χ0v) is 16.4. The average Bonchev–Trinajstić information content (AvgIpc) is 2.53. The second-order valence-corrected chi connectivity index (χ2v) is 7.27. The Morgan fingerprint density at radius 1 is 1.12 bits per heavy atom. The van der Waals surface area contributed by atoms with Gasteiger partial charge >= 0.3 is 5.97 Å². The van der Waals surface area contributed by atoms with Crippen LogP contribution in [0.4, 0.5) is 0 Å². The summed E-state index contributed by atoms with van der Waals surface area (Å²) < 4.78 is 6.07. The van der Waals surface area contributed by atoms with Gasteiger partial charge in [0.05, 0.1) is 5.92 Å². The summed E-state index contributed by atoms with van der Waals surface area (Å²) in [7, 11) is 1.95. The molecule has 4 nitrogen and oxygen atoms in total. The second-order valence-electron chi connectivity index (χ2n) is 7.27. The SMILES string of the molecule is Cc1cccc(COc2c(C)cc(CN(C)CC(C)C(=O)O)cc2C)c1. The van der Waals surface area contributed by atoms with Crippen molar-refractivity contribution in [2.45, 2.75) is 40.8 Å². The summed E-state index contributed by atoms with van der Waals surface area (Å²) in [5.74, 6) is -0.208. The number of carboxylic acids is 1. The molecule has 0 fully saturated rings. The molecule has 0 bridgehead atoms. The third-order valence-electron chi connectivity index (χ3n) is 4.45. The van der Waals surface area contributed by atoms with Gasteiger partial charge in [-0.15, -0.1) is 0 Å². The molecule has 1 atom stereocenters. The zero-order chi connectivity index (χ0) is 19.3. The van der Waals surface area contributed by atoms with Gasteiger partial charge in [0, 0.05) is 13.1 Å². The van der Waals surface area contributed by atoms with Gasteiger partial charge in [-0.05, 0) is 50.1 Å². The summed E-state index contributed by atoms with van der Waals surface area (Å²) in [6.07, 6.45) is 0. The molecule has 26 heavy (non-hydrogen) atoms. The van der Waals surface area contributed by atoms with E-state index in [9.17, 15) is 4.79 Å². The molecule has 0 saturated carbocycles. The Bertz CT molecular complexity index is 747. The van der Waals surface area contributed by atoms with Crippen LogP contribution in [0.5, 0.6) is 5.75 Å². The molecular weight excluding hydrogens is 326 g/mol. The number of nitrogens with zero attached hydrogens (tertiary/aromatic N) is 1. The molecule has 0 saturated heterocycles. The monoisotopic (exact) mass is 355 g/mol. The molecule has 0 aliphatic carbocycles. The molecule has 0 aliphatic heterocycles. The zero-order valence-electron chi connectivity index (χ0n) is 16.4. The van der Waals surface area contributed by atoms with E-state index in [2.05, 4.69) is 51.1 Å². The van der Waals surface area contributed by atoms with E-state index >= 15 is 0 Å². The maximum Gasteiger partial charge on any atom is 0.307 e. The van der Waals surface area contributed by atoms with Crippen LogP contribution in [-0.2, 0) is 17.9 Å². The molecule has 0 aliphatic rings. The quantitative estimate of drug-likeness (QED) is 0.765. The van der Waals surface area contributed by atoms with Crippen LogP contribution < -0.4 is 4.74 Å². The Morgan fingerprint density at radius 3 is 2.35 bits per heavy atom. The Balaban J connectivity index is 2.04. The number of carbonyl (C=O) groups is 1. The highest BCUT2D eigenvalue weighted by Gasteiger charge is 2.14. The van der Waals surface area contributed by atoms with Crippen molar-refractivity contribution in [3.8, 4) is 5.75 Å². The first kappa shape index (κ1) is 20.0. The van der Waals surface area contributed by atoms with Crippen LogP contribution in [0.2, 0.25) is 0 Å². The van der Waals surface area contributed by atoms with Crippen LogP contribution in [0.15, 0.2) is 36.4 Å². The lowest BCUT2D eigenvalue weighted by Gasteiger charge is -2.21. The van der Waals surface area contributed by atoms with Crippen LogP contribution in [0.25, 0.3) is 0 Å². The molecule has 2 aromatic rings. The van der Waals surface area contributed by atoms with Gasteiger partial charge in [-0.1, -0.05) is 48.9 Å². The van der Waals surface area contributed by atoms with Crippen LogP contribution in [0.3, 0.4) is 0 Å². The summed E-state index contributed by atoms with van der Waals surface area (Å²) in [6, 6.07) is 12.6. The maximum absolute atomic E-state index is 11.0. The fraction of sp³-hybridized carbons (Fsp3) is 0.409. The highest BCUT2D eigenvalue weighted by atomic mass is 16.5. The third kappa shape index (κ3) is 5.60. The van der Waals surface area contributed by atoms with E-state index in [1.807, 2.05) is 18.0 Å². The van der Waals surface area contributed by atoms with E-state index in [4.69, 9.17) is 9.84 Å². The number of benzene rings is 2. The summed E-state index contributed by atoms with van der Waals surface area (Å²) in [5.41, 5.74) is 5.77. The van der Waals surface area contributed by atoms with Gasteiger partial charge in [0.1, 0.15) is 12.4 Å². The maximum atomic E-state index is 11.0. The van der Waals surface area contributed by atoms with Crippen molar-refractivity contribution in [2.24, 2.45) is 5.92 Å². The lowest BCUT2D eigenvalue weighted by Crippen LogP contribution is -2.28. The van der Waals surface area contributed by atoms with Crippen molar-refractivity contribution in [1.29, 1.82) is 0 Å². The number of aryl methyl sites for hydroxylation is 3. The minimum absolute atomic E-state index is 0.376. The minimum atomic E-state index is -0.760. The van der Waals surface area contributed by atoms with Crippen LogP contribution in [0.1, 0.15) is 34.7 Å². The first-order valence-electron chi connectivity index (χ1n) is 8.96. The topological polar surface area (TPSA) is 49.8 Å². The van der Waals surface area contributed by atoms with E-state index in [-0.39, 0.29) is 5.92 Å². The Kier molecular flexibility index (Phi) is 6.81. The fourth-order valence-corrected chi connectivity index (χ4v) is 3.24. The Hall–Kier alpha value is -2.33. The standard InChI is InChI=1S/C22H29NO3/c1-15-7-6-8-19(9-15)14-26-21-16(2)10-20(11-17(21)3)13-23(5)12-18(4)22(24)25/h6-11,18H,12-14H2,1-5H3,(H,24,25). The fourth-order valence-electron chi connectivity index (χ4n) is 3.24. The lowest BCUT2D eigenvalue weighted by atomic mass is 10.0. The number of rotatable bonds is 8. The van der Waals surface area contributed by atoms with Crippen molar-refractivity contribution >= 4 is 5.97 Å². The van der Waals surface area contributed by atoms with Crippen molar-refractivity contribution < 1.29 is 14.6 Å². The summed E-state index contributed by atoms with van der Waals surface area (Å²) in [5, 5.41) is 9.05. The molecule has 140 valence electrons. The molecule has 2 aromatic carbocycles. The first-order chi connectivity index (χ1) is 12.3. The molecule has 0 amide bonds. The first-order valence-corrected chi connectivity index (χ1v) is 8.96. The third-order valence-corrected chi connectivity index (χ3v) is 4.45. The smallest absolute Gasteiger partial charge is 0.307 e. The number of carboxylic acid groups (broad SMARTS) is 1. The minimum Gasteiger partial charge on any atom is -0.488 e. The molecule has 0 radical (unpaired) electrons. The number of hydrogen-bond acceptors (Lipinski definition) is 3. The van der Waals surface area contributed by atoms with E-state index in [1.54, 1.807) is 6.92 Å². The normalized spacial score (nSPS) is 12.2. The van der Waals surface area contributed by atoms with E-state index in [0.717, 1.165) is 29.0 Å². The van der Waals surface area contributed by atoms with Crippen molar-refractivity contribution in [1.82, 2.24) is 4.90 Å². The summed E-state index contributed by atoms with van der Waals surface area (Å²) >= 11 is 0. The average molecular weight is 355 g/mol. The molecule has 1 unspecified atom stereocenters. The summed E-state index contributed by atoms with van der Waals surface area (Å²) in [4.78, 5) is 13.0. The van der Waals surface area contributed by atoms with Gasteiger partial charge in [-0.25, -0.2) is 0 Å². The number of aliphatic carboxylic acids is 1. The van der Waals surface area contributed by atoms with Gasteiger partial charge in [0.25, 0.3) is 0 Å². The van der Waals surface area contributed by atoms with E-state index < -0.39 is 5.97 Å². The Labute approximate surface area is 156 Å². The lowest BCUT2D eigenvalue weighted by molar-refractivity contribution is -0.141. The Morgan fingerprint density at radius 2 is 1.77 bits per heavy atom. The number of ether oxygens (including phenoxy) is 1. The molecule has 4 heteroatoms. The van der Waals surface area contributed by atoms with Crippen molar-refractivity contribution in [3.05, 3.63) is 64.2 Å². The molecule has 0 aromatic heterocycles. The number of hydrogen-bond donors (Lipinski definition) is 1. The molecule has 0 heterocycles. The predicted molar refractivity (Wildman–Crippen MR) is 105 cm³/mol.